The second-order valence-corrected chi connectivity index (χ2v) is 22.2. The zero-order valence-electron chi connectivity index (χ0n) is 41.9. The van der Waals surface area contributed by atoms with E-state index >= 15 is 0 Å². The summed E-state index contributed by atoms with van der Waals surface area (Å²) in [5, 5.41) is 19.6. The number of alkyl halides is 2. The molecule has 0 radical (unpaired) electrons. The molecule has 5 aromatic rings. The summed E-state index contributed by atoms with van der Waals surface area (Å²) in [6.07, 6.45) is 11.2. The van der Waals surface area contributed by atoms with E-state index in [2.05, 4.69) is 78.5 Å². The second kappa shape index (κ2) is 19.4. The monoisotopic (exact) mass is 984 g/mol. The van der Waals surface area contributed by atoms with Gasteiger partial charge >= 0.3 is 0 Å². The third kappa shape index (κ3) is 9.26. The molecule has 6 aliphatic heterocycles. The van der Waals surface area contributed by atoms with Crippen LogP contribution in [0.3, 0.4) is 0 Å². The Morgan fingerprint density at radius 1 is 0.915 bits per heavy atom. The van der Waals surface area contributed by atoms with Gasteiger partial charge in [-0.15, -0.1) is 0 Å². The van der Waals surface area contributed by atoms with Crippen molar-refractivity contribution in [1.82, 2.24) is 29.4 Å². The lowest BCUT2D eigenvalue weighted by Gasteiger charge is -2.41. The highest BCUT2D eigenvalue weighted by Gasteiger charge is 2.44. The molecular weight excluding hydrogens is 916 g/mol. The van der Waals surface area contributed by atoms with E-state index in [1.54, 1.807) is 37.1 Å². The van der Waals surface area contributed by atoms with Crippen LogP contribution in [0.15, 0.2) is 60.9 Å². The summed E-state index contributed by atoms with van der Waals surface area (Å²) >= 11 is 6.44. The van der Waals surface area contributed by atoms with Gasteiger partial charge in [0, 0.05) is 143 Å². The fourth-order valence-electron chi connectivity index (χ4n) is 13.4. The van der Waals surface area contributed by atoms with E-state index in [-0.39, 0.29) is 17.5 Å². The molecule has 6 aliphatic rings. The van der Waals surface area contributed by atoms with E-state index in [0.29, 0.717) is 58.7 Å². The quantitative estimate of drug-likeness (QED) is 0.143. The van der Waals surface area contributed by atoms with Gasteiger partial charge < -0.3 is 29.4 Å². The number of anilines is 5. The van der Waals surface area contributed by atoms with E-state index in [4.69, 9.17) is 16.7 Å². The molecule has 1 atom stereocenters. The summed E-state index contributed by atoms with van der Waals surface area (Å²) in [6.45, 7) is 16.6. The van der Waals surface area contributed by atoms with E-state index in [0.717, 1.165) is 113 Å². The third-order valence-electron chi connectivity index (χ3n) is 17.3. The molecule has 0 saturated carbocycles. The summed E-state index contributed by atoms with van der Waals surface area (Å²) in [7, 11) is 1.80. The van der Waals surface area contributed by atoms with Crippen molar-refractivity contribution in [2.75, 3.05) is 85.0 Å². The van der Waals surface area contributed by atoms with E-state index in [1.807, 2.05) is 23.1 Å². The van der Waals surface area contributed by atoms with Crippen molar-refractivity contribution in [3.05, 3.63) is 99.5 Å². The number of nitriles is 1. The van der Waals surface area contributed by atoms with Crippen molar-refractivity contribution < 1.29 is 13.6 Å². The minimum atomic E-state index is -2.64. The minimum Gasteiger partial charge on any atom is -0.371 e. The van der Waals surface area contributed by atoms with Crippen molar-refractivity contribution >= 4 is 46.1 Å². The van der Waals surface area contributed by atoms with Crippen LogP contribution < -0.4 is 19.6 Å². The number of aromatic nitrogens is 4. The number of halogens is 3. The molecule has 71 heavy (non-hydrogen) atoms. The number of piperidine rings is 3. The summed E-state index contributed by atoms with van der Waals surface area (Å²) in [6, 6.07) is 19.5. The lowest BCUT2D eigenvalue weighted by atomic mass is 9.76. The van der Waals surface area contributed by atoms with Gasteiger partial charge in [-0.1, -0.05) is 11.6 Å². The lowest BCUT2D eigenvalue weighted by molar-refractivity contribution is -0.129. The van der Waals surface area contributed by atoms with Crippen molar-refractivity contribution in [3.63, 3.8) is 0 Å². The number of amides is 1. The molecule has 0 N–H and O–H groups in total. The molecular formula is C56H68ClF2N11O. The van der Waals surface area contributed by atoms with Gasteiger partial charge in [-0.2, -0.15) is 15.5 Å². The summed E-state index contributed by atoms with van der Waals surface area (Å²) in [5.74, 6) is 1.54. The number of carbonyl (C=O) groups excluding carboxylic acids is 1. The fourth-order valence-corrected chi connectivity index (χ4v) is 13.6. The predicted molar refractivity (Wildman–Crippen MR) is 278 cm³/mol. The normalized spacial score (nSPS) is 21.1. The molecule has 0 aliphatic carbocycles. The van der Waals surface area contributed by atoms with Gasteiger partial charge in [-0.3, -0.25) is 14.2 Å². The summed E-state index contributed by atoms with van der Waals surface area (Å²) in [4.78, 5) is 27.2. The van der Waals surface area contributed by atoms with Crippen molar-refractivity contribution in [1.29, 1.82) is 5.26 Å². The van der Waals surface area contributed by atoms with Crippen LogP contribution in [-0.2, 0) is 31.2 Å². The highest BCUT2D eigenvalue weighted by molar-refractivity contribution is 6.32. The van der Waals surface area contributed by atoms with Crippen LogP contribution in [0.1, 0.15) is 111 Å². The lowest BCUT2D eigenvalue weighted by Crippen LogP contribution is -2.42. The summed E-state index contributed by atoms with van der Waals surface area (Å²) in [5.41, 5.74) is 11.3. The van der Waals surface area contributed by atoms with Gasteiger partial charge in [0.25, 0.3) is 6.43 Å². The van der Waals surface area contributed by atoms with E-state index in [9.17, 15) is 18.8 Å². The maximum Gasteiger partial charge on any atom is 0.264 e. The molecule has 1 spiro atoms. The van der Waals surface area contributed by atoms with Crippen LogP contribution in [0.4, 0.5) is 37.3 Å². The van der Waals surface area contributed by atoms with Crippen LogP contribution in [0.5, 0.6) is 0 Å². The number of benzene rings is 3. The first kappa shape index (κ1) is 47.7. The van der Waals surface area contributed by atoms with Crippen LogP contribution >= 0.6 is 11.6 Å². The predicted octanol–water partition coefficient (Wildman–Crippen LogP) is 10.5. The maximum absolute atomic E-state index is 14.8. The van der Waals surface area contributed by atoms with Crippen molar-refractivity contribution in [2.45, 2.75) is 110 Å². The molecule has 11 rings (SSSR count). The first-order valence-electron chi connectivity index (χ1n) is 26.2. The Labute approximate surface area is 422 Å². The Bertz CT molecular complexity index is 2830. The number of aryl methyl sites for hydroxylation is 3. The maximum atomic E-state index is 14.8. The highest BCUT2D eigenvalue weighted by Crippen LogP contribution is 2.47. The third-order valence-corrected chi connectivity index (χ3v) is 17.6. The Morgan fingerprint density at radius 2 is 1.69 bits per heavy atom. The Kier molecular flexibility index (Phi) is 13.0. The number of hydrogen-bond acceptors (Lipinski definition) is 9. The molecule has 374 valence electrons. The van der Waals surface area contributed by atoms with Gasteiger partial charge in [0.1, 0.15) is 6.07 Å². The van der Waals surface area contributed by atoms with Gasteiger partial charge in [-0.05, 0) is 148 Å². The van der Waals surface area contributed by atoms with Crippen molar-refractivity contribution in [3.8, 4) is 17.2 Å². The second-order valence-electron chi connectivity index (χ2n) is 21.8. The summed E-state index contributed by atoms with van der Waals surface area (Å²) < 4.78 is 33.5. The number of hydrogen-bond donors (Lipinski definition) is 0. The molecule has 4 saturated heterocycles. The standard InChI is InChI=1S/C56H68ClF2N11O/c1-37-26-45(65-24-16-56(17-25-65)30-38(2)69(36-56)46-8-7-42(31-60)50(57)28-46)9-10-51(37)66-21-11-40(12-22-66)33-64-19-13-44(14-20-64)70-52-15-23-67(39(3)71)35-49(52)55(62-70)68-18-5-6-41-27-47(43-32-61-63(4)34-43)48(54(58)59)29-53(41)68/h7-10,26-29,32,34,38,40,44,54H,5-6,11-25,30,33,35-36H2,1-4H3/t38-/m0/s1. The van der Waals surface area contributed by atoms with Gasteiger partial charge in [0.2, 0.25) is 5.91 Å². The smallest absolute Gasteiger partial charge is 0.264 e. The van der Waals surface area contributed by atoms with E-state index in [1.165, 1.54) is 54.7 Å². The average Bonchev–Trinajstić information content (AvgIpc) is 4.08. The topological polar surface area (TPSA) is 95.9 Å². The highest BCUT2D eigenvalue weighted by atomic mass is 35.5. The molecule has 4 fully saturated rings. The number of carbonyl (C=O) groups is 1. The van der Waals surface area contributed by atoms with Crippen LogP contribution in [-0.4, -0.2) is 107 Å². The minimum absolute atomic E-state index is 0.00752. The zero-order chi connectivity index (χ0) is 49.1. The van der Waals surface area contributed by atoms with Crippen LogP contribution in [0, 0.1) is 29.6 Å². The number of rotatable bonds is 9. The number of likely N-dealkylation sites (tertiary alicyclic amines) is 1. The Hall–Kier alpha value is -5.65. The molecule has 15 heteroatoms. The Morgan fingerprint density at radius 3 is 2.38 bits per heavy atom. The molecule has 3 aromatic carbocycles. The Balaban J connectivity index is 0.702. The molecule has 12 nitrogen and oxygen atoms in total. The van der Waals surface area contributed by atoms with Crippen LogP contribution in [0.2, 0.25) is 5.02 Å². The van der Waals surface area contributed by atoms with Gasteiger partial charge in [-0.25, -0.2) is 8.78 Å². The largest absolute Gasteiger partial charge is 0.371 e. The SMILES string of the molecule is CC(=O)N1CCc2c(c(N3CCCc4cc(-c5cnn(C)c5)c(C(F)F)cc43)nn2C2CCN(CC3CCN(c4ccc(N5CCC6(CC5)C[C@H](C)N(c5ccc(C#N)c(Cl)c5)C6)cc4C)CC3)CC2)C1. The molecule has 0 unspecified atom stereocenters. The van der Waals surface area contributed by atoms with E-state index < -0.39 is 6.43 Å². The van der Waals surface area contributed by atoms with Gasteiger partial charge in [0.15, 0.2) is 5.82 Å². The average molecular weight is 985 g/mol. The molecule has 1 amide bonds. The number of nitrogens with zero attached hydrogens (tertiary/aromatic N) is 11. The van der Waals surface area contributed by atoms with Crippen molar-refractivity contribution in [2.24, 2.45) is 18.4 Å². The van der Waals surface area contributed by atoms with Gasteiger partial charge in [0.05, 0.1) is 29.4 Å². The fraction of sp³-hybridized carbons (Fsp3) is 0.536. The van der Waals surface area contributed by atoms with Crippen LogP contribution in [0.25, 0.3) is 11.1 Å². The first-order chi connectivity index (χ1) is 34.3. The molecule has 0 bridgehead atoms. The first-order valence-corrected chi connectivity index (χ1v) is 26.6. The zero-order valence-corrected chi connectivity index (χ0v) is 42.6. The molecule has 2 aromatic heterocycles. The molecule has 8 heterocycles. The number of fused-ring (bicyclic) bond motifs is 2.